The molecule has 0 atom stereocenters. The SMILES string of the molecule is Cn1ccc2c(=O)[nH]c(Cl)cc21. The molecule has 0 aromatic carbocycles. The summed E-state index contributed by atoms with van der Waals surface area (Å²) >= 11 is 5.68. The first-order chi connectivity index (χ1) is 5.68. The van der Waals surface area contributed by atoms with E-state index in [0.717, 1.165) is 5.52 Å². The summed E-state index contributed by atoms with van der Waals surface area (Å²) in [5.41, 5.74) is 0.710. The van der Waals surface area contributed by atoms with Crippen LogP contribution < -0.4 is 5.56 Å². The Kier molecular flexibility index (Phi) is 1.48. The summed E-state index contributed by atoms with van der Waals surface area (Å²) in [6, 6.07) is 3.50. The van der Waals surface area contributed by atoms with E-state index in [2.05, 4.69) is 4.98 Å². The third-order valence-corrected chi connectivity index (χ3v) is 2.07. The van der Waals surface area contributed by atoms with Crippen molar-refractivity contribution in [3.63, 3.8) is 0 Å². The average molecular weight is 183 g/mol. The second-order valence-electron chi connectivity index (χ2n) is 2.67. The number of rotatable bonds is 0. The summed E-state index contributed by atoms with van der Waals surface area (Å²) in [5.74, 6) is 0. The first-order valence-electron chi connectivity index (χ1n) is 3.52. The monoisotopic (exact) mass is 182 g/mol. The number of H-pyrrole nitrogens is 1. The molecule has 2 aromatic heterocycles. The minimum atomic E-state index is -0.141. The number of hydrogen-bond donors (Lipinski definition) is 1. The van der Waals surface area contributed by atoms with Crippen LogP contribution in [0.2, 0.25) is 5.15 Å². The highest BCUT2D eigenvalue weighted by atomic mass is 35.5. The zero-order chi connectivity index (χ0) is 8.72. The number of aromatic nitrogens is 2. The van der Waals surface area contributed by atoms with Crippen molar-refractivity contribution < 1.29 is 0 Å². The quantitative estimate of drug-likeness (QED) is 0.617. The van der Waals surface area contributed by atoms with Crippen LogP contribution in [0.4, 0.5) is 0 Å². The van der Waals surface area contributed by atoms with Gasteiger partial charge >= 0.3 is 0 Å². The molecular weight excluding hydrogens is 176 g/mol. The van der Waals surface area contributed by atoms with Crippen molar-refractivity contribution in [2.45, 2.75) is 0 Å². The molecule has 0 radical (unpaired) electrons. The van der Waals surface area contributed by atoms with E-state index < -0.39 is 0 Å². The molecule has 4 heteroatoms. The van der Waals surface area contributed by atoms with Gasteiger partial charge in [0.2, 0.25) is 0 Å². The lowest BCUT2D eigenvalue weighted by molar-refractivity contribution is 0.967. The van der Waals surface area contributed by atoms with Crippen molar-refractivity contribution in [1.82, 2.24) is 9.55 Å². The Balaban J connectivity index is 3.03. The summed E-state index contributed by atoms with van der Waals surface area (Å²) < 4.78 is 1.86. The molecule has 0 amide bonds. The average Bonchev–Trinajstić information content (AvgIpc) is 2.33. The van der Waals surface area contributed by atoms with Crippen LogP contribution in [0.5, 0.6) is 0 Å². The third-order valence-electron chi connectivity index (χ3n) is 1.86. The first kappa shape index (κ1) is 7.43. The third kappa shape index (κ3) is 0.940. The number of nitrogens with one attached hydrogen (secondary N) is 1. The Morgan fingerprint density at radius 2 is 2.33 bits per heavy atom. The van der Waals surface area contributed by atoms with Crippen molar-refractivity contribution in [2.75, 3.05) is 0 Å². The number of aryl methyl sites for hydroxylation is 1. The van der Waals surface area contributed by atoms with Gasteiger partial charge in [0.15, 0.2) is 0 Å². The van der Waals surface area contributed by atoms with Gasteiger partial charge in [0.25, 0.3) is 5.56 Å². The lowest BCUT2D eigenvalue weighted by Gasteiger charge is -1.95. The number of pyridine rings is 1. The standard InChI is InChI=1S/C8H7ClN2O/c1-11-3-2-5-6(11)4-7(9)10-8(5)12/h2-4H,1H3,(H,10,12). The minimum absolute atomic E-state index is 0.141. The molecule has 0 saturated carbocycles. The maximum atomic E-state index is 11.3. The van der Waals surface area contributed by atoms with E-state index in [4.69, 9.17) is 11.6 Å². The fourth-order valence-corrected chi connectivity index (χ4v) is 1.43. The van der Waals surface area contributed by atoms with Crippen LogP contribution >= 0.6 is 11.6 Å². The van der Waals surface area contributed by atoms with Gasteiger partial charge in [0.1, 0.15) is 5.15 Å². The van der Waals surface area contributed by atoms with Gasteiger partial charge in [-0.1, -0.05) is 11.6 Å². The molecular formula is C8H7ClN2O. The molecule has 62 valence electrons. The minimum Gasteiger partial charge on any atom is -0.350 e. The van der Waals surface area contributed by atoms with Crippen LogP contribution in [-0.2, 0) is 7.05 Å². The fourth-order valence-electron chi connectivity index (χ4n) is 1.25. The van der Waals surface area contributed by atoms with Crippen LogP contribution in [0.3, 0.4) is 0 Å². The van der Waals surface area contributed by atoms with Crippen molar-refractivity contribution in [3.05, 3.63) is 33.8 Å². The van der Waals surface area contributed by atoms with Crippen molar-refractivity contribution in [3.8, 4) is 0 Å². The molecule has 3 nitrogen and oxygen atoms in total. The Labute approximate surface area is 73.6 Å². The van der Waals surface area contributed by atoms with E-state index in [-0.39, 0.29) is 5.56 Å². The van der Waals surface area contributed by atoms with E-state index in [1.807, 2.05) is 17.8 Å². The molecule has 0 fully saturated rings. The predicted octanol–water partition coefficient (Wildman–Crippen LogP) is 1.52. The first-order valence-corrected chi connectivity index (χ1v) is 3.90. The second-order valence-corrected chi connectivity index (χ2v) is 3.08. The molecule has 0 unspecified atom stereocenters. The summed E-state index contributed by atoms with van der Waals surface area (Å²) in [6.07, 6.45) is 1.83. The Hall–Kier alpha value is -1.22. The van der Waals surface area contributed by atoms with Crippen molar-refractivity contribution in [2.24, 2.45) is 7.05 Å². The molecule has 0 saturated heterocycles. The zero-order valence-electron chi connectivity index (χ0n) is 6.47. The maximum Gasteiger partial charge on any atom is 0.258 e. The Morgan fingerprint density at radius 1 is 1.58 bits per heavy atom. The Morgan fingerprint density at radius 3 is 3.08 bits per heavy atom. The van der Waals surface area contributed by atoms with Gasteiger partial charge in [0, 0.05) is 13.2 Å². The summed E-state index contributed by atoms with van der Waals surface area (Å²) in [6.45, 7) is 0. The molecule has 0 spiro atoms. The van der Waals surface area contributed by atoms with Crippen LogP contribution in [0, 0.1) is 0 Å². The van der Waals surface area contributed by atoms with Gasteiger partial charge in [-0.3, -0.25) is 4.79 Å². The lowest BCUT2D eigenvalue weighted by atomic mass is 10.3. The molecule has 1 N–H and O–H groups in total. The van der Waals surface area contributed by atoms with Gasteiger partial charge in [-0.2, -0.15) is 0 Å². The van der Waals surface area contributed by atoms with Crippen molar-refractivity contribution in [1.29, 1.82) is 0 Å². The highest BCUT2D eigenvalue weighted by Gasteiger charge is 2.02. The summed E-state index contributed by atoms with van der Waals surface area (Å²) in [4.78, 5) is 13.8. The largest absolute Gasteiger partial charge is 0.350 e. The second kappa shape index (κ2) is 2.38. The van der Waals surface area contributed by atoms with Crippen LogP contribution in [0.15, 0.2) is 23.1 Å². The van der Waals surface area contributed by atoms with Gasteiger partial charge < -0.3 is 9.55 Å². The number of fused-ring (bicyclic) bond motifs is 1. The normalized spacial score (nSPS) is 10.8. The molecule has 0 aliphatic carbocycles. The number of aromatic amines is 1. The number of halogens is 1. The van der Waals surface area contributed by atoms with E-state index in [1.165, 1.54) is 0 Å². The van der Waals surface area contributed by atoms with Gasteiger partial charge in [-0.15, -0.1) is 0 Å². The molecule has 12 heavy (non-hydrogen) atoms. The van der Waals surface area contributed by atoms with Gasteiger partial charge in [-0.25, -0.2) is 0 Å². The van der Waals surface area contributed by atoms with E-state index in [1.54, 1.807) is 12.1 Å². The predicted molar refractivity (Wildman–Crippen MR) is 48.5 cm³/mol. The van der Waals surface area contributed by atoms with E-state index in [0.29, 0.717) is 10.5 Å². The zero-order valence-corrected chi connectivity index (χ0v) is 7.22. The smallest absolute Gasteiger partial charge is 0.258 e. The van der Waals surface area contributed by atoms with Crippen molar-refractivity contribution >= 4 is 22.5 Å². The molecule has 2 heterocycles. The van der Waals surface area contributed by atoms with Crippen LogP contribution in [0.1, 0.15) is 0 Å². The number of hydrogen-bond acceptors (Lipinski definition) is 1. The summed E-state index contributed by atoms with van der Waals surface area (Å²) in [7, 11) is 1.87. The molecule has 0 aliphatic heterocycles. The Bertz CT molecular complexity index is 483. The maximum absolute atomic E-state index is 11.3. The number of nitrogens with zero attached hydrogens (tertiary/aromatic N) is 1. The molecule has 0 aliphatic rings. The molecule has 2 rings (SSSR count). The van der Waals surface area contributed by atoms with Crippen LogP contribution in [0.25, 0.3) is 10.9 Å². The fraction of sp³-hybridized carbons (Fsp3) is 0.125. The lowest BCUT2D eigenvalue weighted by Crippen LogP contribution is -2.04. The van der Waals surface area contributed by atoms with Crippen LogP contribution in [-0.4, -0.2) is 9.55 Å². The topological polar surface area (TPSA) is 37.8 Å². The highest BCUT2D eigenvalue weighted by molar-refractivity contribution is 6.29. The van der Waals surface area contributed by atoms with E-state index >= 15 is 0 Å². The molecule has 0 bridgehead atoms. The highest BCUT2D eigenvalue weighted by Crippen LogP contribution is 2.13. The molecule has 2 aromatic rings. The van der Waals surface area contributed by atoms with E-state index in [9.17, 15) is 4.79 Å². The van der Waals surface area contributed by atoms with Gasteiger partial charge in [-0.05, 0) is 12.1 Å². The summed E-state index contributed by atoms with van der Waals surface area (Å²) in [5, 5.41) is 1.04. The van der Waals surface area contributed by atoms with Gasteiger partial charge in [0.05, 0.1) is 10.9 Å².